The molecule has 0 spiro atoms. The van der Waals surface area contributed by atoms with Crippen LogP contribution in [0.3, 0.4) is 0 Å². The maximum atomic E-state index is 13.9. The first-order chi connectivity index (χ1) is 15.7. The highest BCUT2D eigenvalue weighted by atomic mass is 32.2. The summed E-state index contributed by atoms with van der Waals surface area (Å²) in [4.78, 5) is 7.65. The molecule has 4 rings (SSSR count). The zero-order chi connectivity index (χ0) is 23.8. The number of nitrogen functional groups attached to an aromatic ring is 1. The molecule has 2 aromatic carbocycles. The number of sulfonamides is 1. The van der Waals surface area contributed by atoms with Crippen molar-refractivity contribution in [2.45, 2.75) is 11.3 Å². The topological polar surface area (TPSA) is 136 Å². The van der Waals surface area contributed by atoms with E-state index in [4.69, 9.17) is 10.5 Å². The Labute approximate surface area is 185 Å². The summed E-state index contributed by atoms with van der Waals surface area (Å²) in [6, 6.07) is 6.22. The monoisotopic (exact) mass is 478 g/mol. The number of nitrogens with two attached hydrogens (primary N) is 1. The number of aromatic nitrogens is 4. The molecule has 0 saturated heterocycles. The molecule has 0 saturated carbocycles. The first-order valence-electron chi connectivity index (χ1n) is 9.47. The second-order valence-corrected chi connectivity index (χ2v) is 8.61. The lowest BCUT2D eigenvalue weighted by Gasteiger charge is -2.10. The van der Waals surface area contributed by atoms with Gasteiger partial charge in [-0.3, -0.25) is 9.82 Å². The fraction of sp³-hybridized carbons (Fsp3) is 0.150. The summed E-state index contributed by atoms with van der Waals surface area (Å²) in [5.74, 6) is -3.92. The number of hydrogen-bond donors (Lipinski definition) is 3. The molecule has 0 aliphatic carbocycles. The number of nitrogens with zero attached hydrogens (tertiary/aromatic N) is 3. The number of benzene rings is 2. The molecule has 2 aromatic heterocycles. The van der Waals surface area contributed by atoms with Crippen LogP contribution in [0, 0.1) is 17.5 Å². The predicted molar refractivity (Wildman–Crippen MR) is 114 cm³/mol. The molecule has 0 radical (unpaired) electrons. The van der Waals surface area contributed by atoms with Crippen LogP contribution in [-0.4, -0.2) is 42.3 Å². The van der Waals surface area contributed by atoms with Crippen LogP contribution in [0.25, 0.3) is 22.4 Å². The Kier molecular flexibility index (Phi) is 5.91. The van der Waals surface area contributed by atoms with E-state index in [1.807, 2.05) is 0 Å². The van der Waals surface area contributed by atoms with E-state index in [0.717, 1.165) is 5.69 Å². The van der Waals surface area contributed by atoms with Gasteiger partial charge in [-0.15, -0.1) is 0 Å². The van der Waals surface area contributed by atoms with Crippen LogP contribution in [0.1, 0.15) is 5.69 Å². The number of rotatable bonds is 7. The number of fused-ring (bicyclic) bond motifs is 1. The van der Waals surface area contributed by atoms with Crippen LogP contribution < -0.4 is 10.5 Å². The molecule has 4 N–H and O–H groups in total. The number of methoxy groups -OCH3 is 1. The molecule has 33 heavy (non-hydrogen) atoms. The minimum atomic E-state index is -4.51. The first-order valence-corrected chi connectivity index (χ1v) is 10.9. The number of nitrogens with one attached hydrogen (secondary N) is 2. The average molecular weight is 478 g/mol. The van der Waals surface area contributed by atoms with Gasteiger partial charge >= 0.3 is 0 Å². The number of hydrogen-bond acceptors (Lipinski definition) is 7. The summed E-state index contributed by atoms with van der Waals surface area (Å²) in [7, 11) is -2.93. The molecule has 0 aliphatic rings. The van der Waals surface area contributed by atoms with Crippen LogP contribution in [-0.2, 0) is 21.2 Å². The summed E-state index contributed by atoms with van der Waals surface area (Å²) < 4.78 is 72.4. The lowest BCUT2D eigenvalue weighted by atomic mass is 10.2. The standard InChI is InChI=1S/C20H17F3N6O3S/c1-32-7-6-15-17-18(24)25-19(26-20(17)28-27-15)10-2-4-11(5-3-10)29-33(30,31)16-9-13(22)12(21)8-14(16)23/h2-5,8-9,29H,6-7H2,1H3,(H3,24,25,26,27,28). The molecule has 0 unspecified atom stereocenters. The Hall–Kier alpha value is -3.71. The quantitative estimate of drug-likeness (QED) is 0.348. The number of ether oxygens (including phenoxy) is 1. The van der Waals surface area contributed by atoms with Crippen LogP contribution in [0.4, 0.5) is 24.7 Å². The largest absolute Gasteiger partial charge is 0.384 e. The third-order valence-electron chi connectivity index (χ3n) is 4.73. The first kappa shape index (κ1) is 22.5. The highest BCUT2D eigenvalue weighted by Gasteiger charge is 2.22. The van der Waals surface area contributed by atoms with E-state index in [1.165, 1.54) is 24.3 Å². The van der Waals surface area contributed by atoms with Crippen LogP contribution in [0.5, 0.6) is 0 Å². The lowest BCUT2D eigenvalue weighted by molar-refractivity contribution is 0.201. The van der Waals surface area contributed by atoms with Crippen molar-refractivity contribution in [2.75, 3.05) is 24.2 Å². The van der Waals surface area contributed by atoms with Crippen molar-refractivity contribution in [2.24, 2.45) is 0 Å². The number of anilines is 2. The van der Waals surface area contributed by atoms with Gasteiger partial charge in [-0.25, -0.2) is 31.6 Å². The van der Waals surface area contributed by atoms with Gasteiger partial charge in [0.25, 0.3) is 10.0 Å². The fourth-order valence-corrected chi connectivity index (χ4v) is 4.26. The maximum absolute atomic E-state index is 13.9. The van der Waals surface area contributed by atoms with Gasteiger partial charge in [-0.05, 0) is 24.3 Å². The van der Waals surface area contributed by atoms with Gasteiger partial charge in [0.05, 0.1) is 17.7 Å². The Bertz CT molecular complexity index is 1440. The average Bonchev–Trinajstić information content (AvgIpc) is 3.18. The third-order valence-corrected chi connectivity index (χ3v) is 6.13. The SMILES string of the molecule is COCCc1[nH]nc2nc(-c3ccc(NS(=O)(=O)c4cc(F)c(F)cc4F)cc3)nc(N)c12. The highest BCUT2D eigenvalue weighted by molar-refractivity contribution is 7.92. The van der Waals surface area contributed by atoms with Crippen molar-refractivity contribution >= 4 is 32.6 Å². The molecule has 172 valence electrons. The Morgan fingerprint density at radius 1 is 1.06 bits per heavy atom. The van der Waals surface area contributed by atoms with Crippen molar-refractivity contribution in [1.82, 2.24) is 20.2 Å². The highest BCUT2D eigenvalue weighted by Crippen LogP contribution is 2.27. The van der Waals surface area contributed by atoms with Crippen molar-refractivity contribution < 1.29 is 26.3 Å². The van der Waals surface area contributed by atoms with E-state index in [0.29, 0.717) is 29.6 Å². The summed E-state index contributed by atoms with van der Waals surface area (Å²) >= 11 is 0. The van der Waals surface area contributed by atoms with Crippen LogP contribution in [0.2, 0.25) is 0 Å². The molecular weight excluding hydrogens is 461 g/mol. The van der Waals surface area contributed by atoms with E-state index in [9.17, 15) is 21.6 Å². The molecular formula is C20H17F3N6O3S. The van der Waals surface area contributed by atoms with Crippen molar-refractivity contribution in [1.29, 1.82) is 0 Å². The van der Waals surface area contributed by atoms with Gasteiger partial charge in [-0.1, -0.05) is 0 Å². The maximum Gasteiger partial charge on any atom is 0.264 e. The van der Waals surface area contributed by atoms with Gasteiger partial charge < -0.3 is 10.5 Å². The number of H-pyrrole nitrogens is 1. The van der Waals surface area contributed by atoms with E-state index in [1.54, 1.807) is 7.11 Å². The van der Waals surface area contributed by atoms with Crippen molar-refractivity contribution in [3.8, 4) is 11.4 Å². The van der Waals surface area contributed by atoms with Crippen molar-refractivity contribution in [3.05, 3.63) is 59.5 Å². The van der Waals surface area contributed by atoms with E-state index in [2.05, 4.69) is 24.9 Å². The second kappa shape index (κ2) is 8.67. The molecule has 2 heterocycles. The van der Waals surface area contributed by atoms with Gasteiger partial charge in [-0.2, -0.15) is 5.10 Å². The minimum absolute atomic E-state index is 0.0542. The fourth-order valence-electron chi connectivity index (χ4n) is 3.13. The number of halogens is 3. The van der Waals surface area contributed by atoms with Gasteiger partial charge in [0.2, 0.25) is 0 Å². The van der Waals surface area contributed by atoms with Crippen molar-refractivity contribution in [3.63, 3.8) is 0 Å². The zero-order valence-corrected chi connectivity index (χ0v) is 17.9. The van der Waals surface area contributed by atoms with E-state index < -0.39 is 32.4 Å². The molecule has 9 nitrogen and oxygen atoms in total. The van der Waals surface area contributed by atoms with Gasteiger partial charge in [0.15, 0.2) is 23.1 Å². The lowest BCUT2D eigenvalue weighted by Crippen LogP contribution is -2.15. The summed E-state index contributed by atoms with van der Waals surface area (Å²) in [6.45, 7) is 0.463. The molecule has 13 heteroatoms. The van der Waals surface area contributed by atoms with Gasteiger partial charge in [0, 0.05) is 36.9 Å². The zero-order valence-electron chi connectivity index (χ0n) is 17.1. The van der Waals surface area contributed by atoms with Crippen LogP contribution in [0.15, 0.2) is 41.3 Å². The molecule has 0 fully saturated rings. The third kappa shape index (κ3) is 4.45. The van der Waals surface area contributed by atoms with Crippen LogP contribution >= 0.6 is 0 Å². The normalized spacial score (nSPS) is 11.8. The Morgan fingerprint density at radius 3 is 2.45 bits per heavy atom. The molecule has 0 atom stereocenters. The Morgan fingerprint density at radius 2 is 1.76 bits per heavy atom. The smallest absolute Gasteiger partial charge is 0.264 e. The second-order valence-electron chi connectivity index (χ2n) is 6.96. The summed E-state index contributed by atoms with van der Waals surface area (Å²) in [6.07, 6.45) is 0.549. The van der Waals surface area contributed by atoms with Gasteiger partial charge in [0.1, 0.15) is 16.5 Å². The predicted octanol–water partition coefficient (Wildman–Crippen LogP) is 3.01. The van der Waals surface area contributed by atoms with E-state index >= 15 is 0 Å². The summed E-state index contributed by atoms with van der Waals surface area (Å²) in [5, 5.41) is 7.60. The number of aromatic amines is 1. The molecule has 0 aliphatic heterocycles. The minimum Gasteiger partial charge on any atom is -0.384 e. The molecule has 0 bridgehead atoms. The summed E-state index contributed by atoms with van der Waals surface area (Å²) in [5.41, 5.74) is 7.75. The Balaban J connectivity index is 1.60. The molecule has 4 aromatic rings. The van der Waals surface area contributed by atoms with E-state index in [-0.39, 0.29) is 29.5 Å². The molecule has 0 amide bonds.